The molecule has 0 spiro atoms. The fourth-order valence-electron chi connectivity index (χ4n) is 6.40. The Hall–Kier alpha value is -3.57. The molecule has 0 unspecified atom stereocenters. The lowest BCUT2D eigenvalue weighted by atomic mass is 10.0. The maximum absolute atomic E-state index is 2.49. The number of hydrogen-bond donors (Lipinski definition) is 0. The van der Waals surface area contributed by atoms with Crippen molar-refractivity contribution in [2.24, 2.45) is 0 Å². The molecule has 0 fully saturated rings. The normalized spacial score (nSPS) is 13.0. The summed E-state index contributed by atoms with van der Waals surface area (Å²) in [5, 5.41) is 10.7. The Kier molecular flexibility index (Phi) is 2.82. The zero-order valence-electron chi connectivity index (χ0n) is 17.4. The Bertz CT molecular complexity index is 2250. The van der Waals surface area contributed by atoms with Gasteiger partial charge < -0.3 is 8.80 Å². The molecule has 0 radical (unpaired) electrons. The van der Waals surface area contributed by atoms with Crippen molar-refractivity contribution in [2.45, 2.75) is 0 Å². The van der Waals surface area contributed by atoms with E-state index in [9.17, 15) is 0 Å². The van der Waals surface area contributed by atoms with Crippen LogP contribution in [0.3, 0.4) is 0 Å². The van der Waals surface area contributed by atoms with Crippen molar-refractivity contribution in [2.75, 3.05) is 0 Å². The van der Waals surface area contributed by atoms with Crippen molar-refractivity contribution in [3.63, 3.8) is 0 Å². The lowest BCUT2D eigenvalue weighted by Crippen LogP contribution is -1.84. The van der Waals surface area contributed by atoms with Gasteiger partial charge in [-0.3, -0.25) is 0 Å². The molecule has 0 aliphatic rings. The van der Waals surface area contributed by atoms with Crippen molar-refractivity contribution >= 4 is 98.8 Å². The molecule has 0 bridgehead atoms. The molecule has 0 atom stereocenters. The second-order valence-electron chi connectivity index (χ2n) is 9.11. The summed E-state index contributed by atoms with van der Waals surface area (Å²) in [6, 6.07) is 33.8. The summed E-state index contributed by atoms with van der Waals surface area (Å²) in [5.74, 6) is 0. The summed E-state index contributed by atoms with van der Waals surface area (Å²) < 4.78 is 6.27. The van der Waals surface area contributed by atoms with Crippen LogP contribution in [0.4, 0.5) is 0 Å². The molecule has 9 aromatic rings. The van der Waals surface area contributed by atoms with Crippen molar-refractivity contribution in [3.8, 4) is 0 Å². The maximum Gasteiger partial charge on any atom is 0.0620 e. The monoisotopic (exact) mass is 530 g/mol. The third-order valence-corrected chi connectivity index (χ3v) is 8.53. The molecule has 0 amide bonds. The van der Waals surface area contributed by atoms with E-state index in [1.54, 1.807) is 0 Å². The number of aromatic nitrogens is 2. The Labute approximate surface area is 201 Å². The van der Waals surface area contributed by atoms with E-state index < -0.39 is 0 Å². The smallest absolute Gasteiger partial charge is 0.0620 e. The summed E-state index contributed by atoms with van der Waals surface area (Å²) >= 11 is 2.48. The van der Waals surface area contributed by atoms with E-state index >= 15 is 0 Å². The van der Waals surface area contributed by atoms with Crippen LogP contribution < -0.4 is 0 Å². The SMILES string of the molecule is Ic1cccc2c1c1cccc3c4cc5c6cccc7c8ccccc8n(c5cc4n2c31)c76. The number of hydrogen-bond acceptors (Lipinski definition) is 0. The Morgan fingerprint density at radius 3 is 1.76 bits per heavy atom. The molecule has 4 aromatic heterocycles. The highest BCUT2D eigenvalue weighted by molar-refractivity contribution is 14.1. The van der Waals surface area contributed by atoms with Gasteiger partial charge in [-0.05, 0) is 52.9 Å². The zero-order chi connectivity index (χ0) is 21.4. The van der Waals surface area contributed by atoms with Gasteiger partial charge in [-0.2, -0.15) is 0 Å². The third kappa shape index (κ3) is 1.79. The van der Waals surface area contributed by atoms with Crippen molar-refractivity contribution < 1.29 is 0 Å². The maximum atomic E-state index is 2.49. The van der Waals surface area contributed by atoms with E-state index in [0.29, 0.717) is 0 Å². The first-order valence-corrected chi connectivity index (χ1v) is 12.3. The van der Waals surface area contributed by atoms with Crippen LogP contribution in [0.1, 0.15) is 0 Å². The minimum atomic E-state index is 1.28. The van der Waals surface area contributed by atoms with E-state index in [4.69, 9.17) is 0 Å². The van der Waals surface area contributed by atoms with Gasteiger partial charge in [0, 0.05) is 46.7 Å². The van der Waals surface area contributed by atoms with Gasteiger partial charge in [-0.25, -0.2) is 0 Å². The van der Waals surface area contributed by atoms with Gasteiger partial charge in [0.1, 0.15) is 0 Å². The van der Waals surface area contributed by atoms with Crippen LogP contribution >= 0.6 is 22.6 Å². The lowest BCUT2D eigenvalue weighted by Gasteiger charge is -2.02. The van der Waals surface area contributed by atoms with E-state index in [2.05, 4.69) is 122 Å². The molecule has 0 N–H and O–H groups in total. The highest BCUT2D eigenvalue weighted by atomic mass is 127. The van der Waals surface area contributed by atoms with Crippen LogP contribution in [0.15, 0.2) is 91.0 Å². The lowest BCUT2D eigenvalue weighted by molar-refractivity contribution is 1.35. The molecule has 0 saturated heterocycles. The first-order valence-electron chi connectivity index (χ1n) is 11.2. The van der Waals surface area contributed by atoms with Crippen LogP contribution in [-0.4, -0.2) is 8.80 Å². The summed E-state index contributed by atoms with van der Waals surface area (Å²) in [7, 11) is 0. The topological polar surface area (TPSA) is 8.82 Å². The number of nitrogens with zero attached hydrogens (tertiary/aromatic N) is 2. The molecular weight excluding hydrogens is 515 g/mol. The van der Waals surface area contributed by atoms with Crippen LogP contribution in [0.25, 0.3) is 76.2 Å². The number of para-hydroxylation sites is 3. The van der Waals surface area contributed by atoms with E-state index in [-0.39, 0.29) is 0 Å². The van der Waals surface area contributed by atoms with Crippen molar-refractivity contribution in [1.82, 2.24) is 8.80 Å². The van der Waals surface area contributed by atoms with Crippen molar-refractivity contribution in [3.05, 3.63) is 94.6 Å². The Balaban J connectivity index is 1.63. The predicted octanol–water partition coefficient (Wildman–Crippen LogP) is 8.59. The standard InChI is InChI=1S/C30H15IN2/c31-23-11-5-13-25-28(23)20-10-4-9-19-22-14-21-18-8-3-7-17-16-6-1-2-12-24(16)32(29(17)18)26(21)15-27(22)33(25)30(19)20/h1-15H. The third-order valence-electron chi connectivity index (χ3n) is 7.63. The summed E-state index contributed by atoms with van der Waals surface area (Å²) in [6.07, 6.45) is 0. The van der Waals surface area contributed by atoms with Crippen LogP contribution in [0.2, 0.25) is 0 Å². The summed E-state index contributed by atoms with van der Waals surface area (Å²) in [6.45, 7) is 0. The average Bonchev–Trinajstić information content (AvgIpc) is 3.56. The molecule has 152 valence electrons. The fourth-order valence-corrected chi connectivity index (χ4v) is 7.18. The van der Waals surface area contributed by atoms with Crippen LogP contribution in [0, 0.1) is 3.57 Å². The Morgan fingerprint density at radius 1 is 0.424 bits per heavy atom. The quantitative estimate of drug-likeness (QED) is 0.174. The number of benzene rings is 5. The van der Waals surface area contributed by atoms with Gasteiger partial charge in [0.2, 0.25) is 0 Å². The number of fused-ring (bicyclic) bond motifs is 12. The highest BCUT2D eigenvalue weighted by Crippen LogP contribution is 2.44. The van der Waals surface area contributed by atoms with Crippen LogP contribution in [0.5, 0.6) is 0 Å². The molecule has 0 aliphatic carbocycles. The largest absolute Gasteiger partial charge is 0.308 e. The fraction of sp³-hybridized carbons (Fsp3) is 0. The molecule has 5 aromatic carbocycles. The molecule has 0 saturated carbocycles. The number of rotatable bonds is 0. The highest BCUT2D eigenvalue weighted by Gasteiger charge is 2.22. The summed E-state index contributed by atoms with van der Waals surface area (Å²) in [4.78, 5) is 0. The minimum absolute atomic E-state index is 1.28. The Morgan fingerprint density at radius 2 is 0.970 bits per heavy atom. The first kappa shape index (κ1) is 17.0. The second kappa shape index (κ2) is 5.49. The molecule has 33 heavy (non-hydrogen) atoms. The average molecular weight is 530 g/mol. The van der Waals surface area contributed by atoms with E-state index in [0.717, 1.165) is 0 Å². The first-order chi connectivity index (χ1) is 16.3. The number of halogens is 1. The molecule has 4 heterocycles. The van der Waals surface area contributed by atoms with Gasteiger partial charge in [-0.15, -0.1) is 0 Å². The zero-order valence-corrected chi connectivity index (χ0v) is 19.6. The van der Waals surface area contributed by atoms with Crippen molar-refractivity contribution in [1.29, 1.82) is 0 Å². The van der Waals surface area contributed by atoms with Gasteiger partial charge in [0.15, 0.2) is 0 Å². The van der Waals surface area contributed by atoms with E-state index in [1.807, 2.05) is 0 Å². The molecule has 9 rings (SSSR count). The van der Waals surface area contributed by atoms with Gasteiger partial charge in [0.25, 0.3) is 0 Å². The van der Waals surface area contributed by atoms with Gasteiger partial charge in [-0.1, -0.05) is 60.7 Å². The molecule has 2 nitrogen and oxygen atoms in total. The predicted molar refractivity (Wildman–Crippen MR) is 148 cm³/mol. The molecule has 0 aliphatic heterocycles. The van der Waals surface area contributed by atoms with Gasteiger partial charge >= 0.3 is 0 Å². The molecular formula is C30H15IN2. The second-order valence-corrected chi connectivity index (χ2v) is 10.3. The van der Waals surface area contributed by atoms with Gasteiger partial charge in [0.05, 0.1) is 33.1 Å². The molecule has 3 heteroatoms. The van der Waals surface area contributed by atoms with Crippen LogP contribution in [-0.2, 0) is 0 Å². The van der Waals surface area contributed by atoms with E-state index in [1.165, 1.54) is 79.8 Å². The summed E-state index contributed by atoms with van der Waals surface area (Å²) in [5.41, 5.74) is 7.83. The minimum Gasteiger partial charge on any atom is -0.308 e.